The van der Waals surface area contributed by atoms with Crippen molar-refractivity contribution >= 4 is 11.8 Å². The molecule has 0 aromatic heterocycles. The van der Waals surface area contributed by atoms with Gasteiger partial charge in [-0.2, -0.15) is 11.8 Å². The van der Waals surface area contributed by atoms with Gasteiger partial charge in [-0.25, -0.2) is 0 Å². The van der Waals surface area contributed by atoms with Crippen LogP contribution in [0.4, 0.5) is 0 Å². The fourth-order valence-electron chi connectivity index (χ4n) is 2.52. The predicted molar refractivity (Wildman–Crippen MR) is 93.6 cm³/mol. The molecular weight excluding hydrogens is 296 g/mol. The van der Waals surface area contributed by atoms with Gasteiger partial charge in [0.2, 0.25) is 0 Å². The third-order valence-electron chi connectivity index (χ3n) is 3.54. The topological polar surface area (TPSA) is 27.7 Å². The van der Waals surface area contributed by atoms with Gasteiger partial charge in [-0.15, -0.1) is 0 Å². The van der Waals surface area contributed by atoms with Crippen molar-refractivity contribution in [3.05, 3.63) is 42.0 Å². The molecule has 0 aliphatic rings. The van der Waals surface area contributed by atoms with E-state index in [-0.39, 0.29) is 0 Å². The minimum atomic E-state index is 0.726. The molecule has 3 nitrogen and oxygen atoms in total. The van der Waals surface area contributed by atoms with Crippen LogP contribution in [0.25, 0.3) is 11.1 Å². The van der Waals surface area contributed by atoms with Crippen LogP contribution in [0.5, 0.6) is 17.2 Å². The first-order chi connectivity index (χ1) is 10.8. The van der Waals surface area contributed by atoms with E-state index in [9.17, 15) is 0 Å². The number of hydrogen-bond acceptors (Lipinski definition) is 4. The van der Waals surface area contributed by atoms with E-state index >= 15 is 0 Å². The molecule has 0 bridgehead atoms. The Labute approximate surface area is 136 Å². The van der Waals surface area contributed by atoms with E-state index < -0.39 is 0 Å². The summed E-state index contributed by atoms with van der Waals surface area (Å²) >= 11 is 1.81. The fraction of sp³-hybridized carbons (Fsp3) is 0.333. The van der Waals surface area contributed by atoms with Crippen LogP contribution in [0.3, 0.4) is 0 Å². The van der Waals surface area contributed by atoms with E-state index in [4.69, 9.17) is 14.2 Å². The summed E-state index contributed by atoms with van der Waals surface area (Å²) in [7, 11) is 5.04. The summed E-state index contributed by atoms with van der Waals surface area (Å²) in [6.45, 7) is 0. The molecule has 22 heavy (non-hydrogen) atoms. The number of rotatable bonds is 7. The molecule has 0 amide bonds. The molecule has 118 valence electrons. The van der Waals surface area contributed by atoms with Crippen LogP contribution in [0.15, 0.2) is 36.4 Å². The maximum atomic E-state index is 5.67. The van der Waals surface area contributed by atoms with Crippen LogP contribution < -0.4 is 14.2 Å². The first-order valence-electron chi connectivity index (χ1n) is 7.13. The van der Waals surface area contributed by atoms with E-state index in [1.54, 1.807) is 33.1 Å². The summed E-state index contributed by atoms with van der Waals surface area (Å²) in [4.78, 5) is 0. The highest BCUT2D eigenvalue weighted by atomic mass is 32.2. The molecule has 4 heteroatoms. The zero-order valence-corrected chi connectivity index (χ0v) is 14.3. The van der Waals surface area contributed by atoms with Gasteiger partial charge in [0, 0.05) is 5.56 Å². The summed E-state index contributed by atoms with van der Waals surface area (Å²) < 4.78 is 16.9. The maximum Gasteiger partial charge on any atom is 0.172 e. The summed E-state index contributed by atoms with van der Waals surface area (Å²) in [5, 5.41) is 0. The fourth-order valence-corrected chi connectivity index (χ4v) is 2.95. The molecule has 0 atom stereocenters. The summed E-state index contributed by atoms with van der Waals surface area (Å²) in [5.74, 6) is 3.34. The van der Waals surface area contributed by atoms with E-state index in [2.05, 4.69) is 12.3 Å². The summed E-state index contributed by atoms with van der Waals surface area (Å²) in [5.41, 5.74) is 3.08. The molecule has 0 fully saturated rings. The Morgan fingerprint density at radius 3 is 2.14 bits per heavy atom. The molecule has 0 heterocycles. The second-order valence-corrected chi connectivity index (χ2v) is 5.77. The molecular formula is C18H22O3S. The van der Waals surface area contributed by atoms with Gasteiger partial charge in [-0.05, 0) is 30.1 Å². The maximum absolute atomic E-state index is 5.67. The van der Waals surface area contributed by atoms with Crippen LogP contribution >= 0.6 is 11.8 Å². The number of hydrogen-bond donors (Lipinski definition) is 0. The van der Waals surface area contributed by atoms with E-state index in [0.29, 0.717) is 0 Å². The zero-order valence-electron chi connectivity index (χ0n) is 13.5. The molecule has 0 saturated carbocycles. The molecule has 0 saturated heterocycles. The van der Waals surface area contributed by atoms with Crippen molar-refractivity contribution in [2.24, 2.45) is 0 Å². The van der Waals surface area contributed by atoms with Crippen molar-refractivity contribution in [1.29, 1.82) is 0 Å². The van der Waals surface area contributed by atoms with Crippen LogP contribution in [-0.2, 0) is 6.42 Å². The molecule has 2 aromatic carbocycles. The Hall–Kier alpha value is -1.81. The predicted octanol–water partition coefficient (Wildman–Crippen LogP) is 4.28. The van der Waals surface area contributed by atoms with Gasteiger partial charge in [-0.1, -0.05) is 30.3 Å². The second kappa shape index (κ2) is 7.99. The molecule has 0 unspecified atom stereocenters. The Kier molecular flexibility index (Phi) is 6.01. The van der Waals surface area contributed by atoms with Crippen molar-refractivity contribution in [2.45, 2.75) is 6.42 Å². The Balaban J connectivity index is 2.66. The van der Waals surface area contributed by atoms with Crippen molar-refractivity contribution < 1.29 is 14.2 Å². The van der Waals surface area contributed by atoms with Gasteiger partial charge in [0.05, 0.1) is 26.9 Å². The third kappa shape index (κ3) is 3.33. The standard InChI is InChI=1S/C18H22O3S/c1-19-15-12-14(10-11-22-4)17(20-2)18(21-3)16(15)13-8-6-5-7-9-13/h5-9,12H,10-11H2,1-4H3. The smallest absolute Gasteiger partial charge is 0.172 e. The lowest BCUT2D eigenvalue weighted by molar-refractivity contribution is 0.348. The normalized spacial score (nSPS) is 10.4. The molecule has 0 radical (unpaired) electrons. The van der Waals surface area contributed by atoms with E-state index in [1.807, 2.05) is 30.3 Å². The highest BCUT2D eigenvalue weighted by Gasteiger charge is 2.21. The molecule has 0 spiro atoms. The van der Waals surface area contributed by atoms with E-state index in [0.717, 1.165) is 46.1 Å². The third-order valence-corrected chi connectivity index (χ3v) is 4.16. The van der Waals surface area contributed by atoms with Crippen LogP contribution in [0.1, 0.15) is 5.56 Å². The SMILES string of the molecule is COc1cc(CCSC)c(OC)c(OC)c1-c1ccccc1. The molecule has 2 rings (SSSR count). The van der Waals surface area contributed by atoms with Crippen LogP contribution in [0.2, 0.25) is 0 Å². The van der Waals surface area contributed by atoms with Crippen molar-refractivity contribution in [3.63, 3.8) is 0 Å². The number of thioether (sulfide) groups is 1. The quantitative estimate of drug-likeness (QED) is 0.761. The minimum Gasteiger partial charge on any atom is -0.496 e. The van der Waals surface area contributed by atoms with Crippen molar-refractivity contribution in [2.75, 3.05) is 33.3 Å². The number of aryl methyl sites for hydroxylation is 1. The van der Waals surface area contributed by atoms with Crippen molar-refractivity contribution in [1.82, 2.24) is 0 Å². The molecule has 0 aliphatic carbocycles. The number of methoxy groups -OCH3 is 3. The number of ether oxygens (including phenoxy) is 3. The molecule has 2 aromatic rings. The first kappa shape index (κ1) is 16.6. The zero-order chi connectivity index (χ0) is 15.9. The van der Waals surface area contributed by atoms with Crippen LogP contribution in [-0.4, -0.2) is 33.3 Å². The van der Waals surface area contributed by atoms with Gasteiger partial charge < -0.3 is 14.2 Å². The van der Waals surface area contributed by atoms with Crippen molar-refractivity contribution in [3.8, 4) is 28.4 Å². The minimum absolute atomic E-state index is 0.726. The Morgan fingerprint density at radius 1 is 0.909 bits per heavy atom. The van der Waals surface area contributed by atoms with Gasteiger partial charge in [0.25, 0.3) is 0 Å². The largest absolute Gasteiger partial charge is 0.496 e. The van der Waals surface area contributed by atoms with Gasteiger partial charge >= 0.3 is 0 Å². The Morgan fingerprint density at radius 2 is 1.59 bits per heavy atom. The highest BCUT2D eigenvalue weighted by molar-refractivity contribution is 7.98. The second-order valence-electron chi connectivity index (χ2n) is 4.79. The molecule has 0 aliphatic heterocycles. The van der Waals surface area contributed by atoms with Crippen LogP contribution in [0, 0.1) is 0 Å². The average Bonchev–Trinajstić information content (AvgIpc) is 2.58. The highest BCUT2D eigenvalue weighted by Crippen LogP contribution is 2.46. The number of benzene rings is 2. The average molecular weight is 318 g/mol. The molecule has 0 N–H and O–H groups in total. The lowest BCUT2D eigenvalue weighted by atomic mass is 9.99. The van der Waals surface area contributed by atoms with Gasteiger partial charge in [-0.3, -0.25) is 0 Å². The first-order valence-corrected chi connectivity index (χ1v) is 8.52. The lowest BCUT2D eigenvalue weighted by Crippen LogP contribution is -2.02. The van der Waals surface area contributed by atoms with Gasteiger partial charge in [0.15, 0.2) is 11.5 Å². The summed E-state index contributed by atoms with van der Waals surface area (Å²) in [6, 6.07) is 12.1. The monoisotopic (exact) mass is 318 g/mol. The summed E-state index contributed by atoms with van der Waals surface area (Å²) in [6.07, 6.45) is 3.01. The Bertz CT molecular complexity index is 611. The van der Waals surface area contributed by atoms with Gasteiger partial charge in [0.1, 0.15) is 5.75 Å². The van der Waals surface area contributed by atoms with E-state index in [1.165, 1.54) is 0 Å². The lowest BCUT2D eigenvalue weighted by Gasteiger charge is -2.20.